The SMILES string of the molecule is Cc1ccc(C)c(C)c1.Cc1ccc(Cc2ccc(C)cc2)cc1.Cc1cccc(C)c1C.Cc1cccc2c(C)cccc12. The van der Waals surface area contributed by atoms with E-state index in [4.69, 9.17) is 0 Å². The molecule has 0 nitrogen and oxygen atoms in total. The monoisotopic (exact) mass is 592 g/mol. The zero-order chi connectivity index (χ0) is 32.9. The van der Waals surface area contributed by atoms with E-state index >= 15 is 0 Å². The van der Waals surface area contributed by atoms with Crippen molar-refractivity contribution >= 4 is 10.8 Å². The number of aryl methyl sites for hydroxylation is 9. The molecule has 0 spiro atoms. The molecule has 0 aliphatic rings. The Kier molecular flexibility index (Phi) is 13.4. The number of fused-ring (bicyclic) bond motifs is 1. The van der Waals surface area contributed by atoms with Gasteiger partial charge in [0.25, 0.3) is 0 Å². The van der Waals surface area contributed by atoms with Gasteiger partial charge in [-0.25, -0.2) is 0 Å². The van der Waals surface area contributed by atoms with Crippen LogP contribution in [0.25, 0.3) is 10.8 Å². The standard InChI is InChI=1S/C15H16.C12H12.2C9H12/c1-12-3-7-14(8-4-12)11-15-9-5-13(2)6-10-15;1-9-5-3-8-12-10(2)6-4-7-11(9)12;1-7-4-5-8(2)9(3)6-7;1-7-5-4-6-8(2)9(7)3/h3-10H,11H2,1-2H3;3-8H,1-2H3;2*4-6H,1-3H3. The van der Waals surface area contributed by atoms with Gasteiger partial charge in [-0.1, -0.05) is 138 Å². The summed E-state index contributed by atoms with van der Waals surface area (Å²) in [7, 11) is 0. The minimum atomic E-state index is 1.03. The molecule has 0 saturated carbocycles. The topological polar surface area (TPSA) is 0 Å². The Bertz CT molecular complexity index is 1680. The lowest BCUT2D eigenvalue weighted by atomic mass is 10.0. The van der Waals surface area contributed by atoms with E-state index in [1.807, 2.05) is 0 Å². The Morgan fingerprint density at radius 3 is 1.07 bits per heavy atom. The van der Waals surface area contributed by atoms with E-state index in [2.05, 4.69) is 191 Å². The zero-order valence-electron chi connectivity index (χ0n) is 29.3. The lowest BCUT2D eigenvalue weighted by molar-refractivity contribution is 1.18. The molecule has 232 valence electrons. The van der Waals surface area contributed by atoms with Gasteiger partial charge in [0.1, 0.15) is 0 Å². The molecule has 0 fully saturated rings. The first kappa shape index (κ1) is 35.1. The van der Waals surface area contributed by atoms with E-state index in [1.54, 1.807) is 0 Å². The van der Waals surface area contributed by atoms with Crippen molar-refractivity contribution in [1.82, 2.24) is 0 Å². The molecule has 6 aromatic carbocycles. The summed E-state index contributed by atoms with van der Waals surface area (Å²) < 4.78 is 0. The normalized spacial score (nSPS) is 10.1. The van der Waals surface area contributed by atoms with E-state index in [-0.39, 0.29) is 0 Å². The third-order valence-corrected chi connectivity index (χ3v) is 8.55. The van der Waals surface area contributed by atoms with Crippen molar-refractivity contribution in [3.63, 3.8) is 0 Å². The summed E-state index contributed by atoms with van der Waals surface area (Å²) in [5.74, 6) is 0. The molecule has 0 unspecified atom stereocenters. The van der Waals surface area contributed by atoms with Crippen molar-refractivity contribution < 1.29 is 0 Å². The minimum Gasteiger partial charge on any atom is -0.0617 e. The summed E-state index contributed by atoms with van der Waals surface area (Å²) in [5.41, 5.74) is 16.4. The van der Waals surface area contributed by atoms with E-state index in [0.717, 1.165) is 6.42 Å². The van der Waals surface area contributed by atoms with Crippen molar-refractivity contribution in [1.29, 1.82) is 0 Å². The van der Waals surface area contributed by atoms with Crippen LogP contribution in [0, 0.1) is 69.2 Å². The van der Waals surface area contributed by atoms with Gasteiger partial charge in [0.2, 0.25) is 0 Å². The second kappa shape index (κ2) is 17.2. The summed E-state index contributed by atoms with van der Waals surface area (Å²) in [5, 5.41) is 2.75. The highest BCUT2D eigenvalue weighted by Gasteiger charge is 1.98. The van der Waals surface area contributed by atoms with Crippen LogP contribution in [0.15, 0.2) is 121 Å². The van der Waals surface area contributed by atoms with Crippen molar-refractivity contribution in [3.8, 4) is 0 Å². The average molecular weight is 593 g/mol. The quantitative estimate of drug-likeness (QED) is 0.188. The predicted octanol–water partition coefficient (Wildman–Crippen LogP) is 12.6. The molecule has 0 amide bonds. The predicted molar refractivity (Wildman–Crippen MR) is 200 cm³/mol. The summed E-state index contributed by atoms with van der Waals surface area (Å²) in [6.45, 7) is 21.4. The highest BCUT2D eigenvalue weighted by Crippen LogP contribution is 2.21. The van der Waals surface area contributed by atoms with Crippen molar-refractivity contribution in [2.45, 2.75) is 75.7 Å². The van der Waals surface area contributed by atoms with Crippen LogP contribution >= 0.6 is 0 Å². The largest absolute Gasteiger partial charge is 0.0617 e. The Labute approximate surface area is 273 Å². The maximum Gasteiger partial charge on any atom is -0.00258 e. The molecule has 0 aliphatic carbocycles. The number of hydrogen-bond donors (Lipinski definition) is 0. The fourth-order valence-corrected chi connectivity index (χ4v) is 5.06. The van der Waals surface area contributed by atoms with Crippen molar-refractivity contribution in [2.75, 3.05) is 0 Å². The Morgan fingerprint density at radius 2 is 0.689 bits per heavy atom. The number of rotatable bonds is 2. The number of benzene rings is 6. The number of hydrogen-bond acceptors (Lipinski definition) is 0. The molecule has 0 atom stereocenters. The third kappa shape index (κ3) is 11.2. The first-order chi connectivity index (χ1) is 21.4. The summed E-state index contributed by atoms with van der Waals surface area (Å²) in [6.07, 6.45) is 1.03. The van der Waals surface area contributed by atoms with E-state index in [0.29, 0.717) is 0 Å². The lowest BCUT2D eigenvalue weighted by Gasteiger charge is -2.03. The smallest absolute Gasteiger partial charge is 0.00258 e. The molecule has 45 heavy (non-hydrogen) atoms. The van der Waals surface area contributed by atoms with Crippen LogP contribution in [0.1, 0.15) is 66.8 Å². The fourth-order valence-electron chi connectivity index (χ4n) is 5.06. The first-order valence-corrected chi connectivity index (χ1v) is 16.1. The lowest BCUT2D eigenvalue weighted by Crippen LogP contribution is -1.88. The van der Waals surface area contributed by atoms with Crippen LogP contribution in [-0.4, -0.2) is 0 Å². The van der Waals surface area contributed by atoms with Gasteiger partial charge in [0.15, 0.2) is 0 Å². The van der Waals surface area contributed by atoms with Crippen LogP contribution in [0.2, 0.25) is 0 Å². The Morgan fingerprint density at radius 1 is 0.311 bits per heavy atom. The molecule has 0 aliphatic heterocycles. The van der Waals surface area contributed by atoms with Gasteiger partial charge in [-0.15, -0.1) is 0 Å². The Hall–Kier alpha value is -4.42. The second-order valence-electron chi connectivity index (χ2n) is 12.5. The van der Waals surface area contributed by atoms with Crippen LogP contribution < -0.4 is 0 Å². The van der Waals surface area contributed by atoms with E-state index in [9.17, 15) is 0 Å². The fraction of sp³-hybridized carbons (Fsp3) is 0.244. The summed E-state index contributed by atoms with van der Waals surface area (Å²) in [4.78, 5) is 0. The molecule has 0 heterocycles. The van der Waals surface area contributed by atoms with Crippen LogP contribution in [0.3, 0.4) is 0 Å². The van der Waals surface area contributed by atoms with E-state index < -0.39 is 0 Å². The van der Waals surface area contributed by atoms with Gasteiger partial charge in [0, 0.05) is 0 Å². The van der Waals surface area contributed by atoms with Crippen LogP contribution in [0.4, 0.5) is 0 Å². The van der Waals surface area contributed by atoms with Gasteiger partial charge in [0.05, 0.1) is 0 Å². The Balaban J connectivity index is 0.000000168. The molecule has 0 saturated heterocycles. The van der Waals surface area contributed by atoms with Gasteiger partial charge in [-0.05, 0) is 137 Å². The molecule has 0 heteroatoms. The minimum absolute atomic E-state index is 1.03. The zero-order valence-corrected chi connectivity index (χ0v) is 29.3. The van der Waals surface area contributed by atoms with Gasteiger partial charge >= 0.3 is 0 Å². The van der Waals surface area contributed by atoms with Crippen molar-refractivity contribution in [3.05, 3.63) is 188 Å². The second-order valence-corrected chi connectivity index (χ2v) is 12.5. The first-order valence-electron chi connectivity index (χ1n) is 16.1. The van der Waals surface area contributed by atoms with Crippen molar-refractivity contribution in [2.24, 2.45) is 0 Å². The van der Waals surface area contributed by atoms with Crippen LogP contribution in [0.5, 0.6) is 0 Å². The van der Waals surface area contributed by atoms with Gasteiger partial charge in [-0.2, -0.15) is 0 Å². The summed E-state index contributed by atoms with van der Waals surface area (Å²) in [6, 6.07) is 43.3. The molecule has 0 N–H and O–H groups in total. The molecule has 0 radical (unpaired) electrons. The molecule has 0 bridgehead atoms. The maximum absolute atomic E-state index is 2.20. The highest BCUT2D eigenvalue weighted by atomic mass is 14.0. The van der Waals surface area contributed by atoms with E-state index in [1.165, 1.54) is 77.5 Å². The van der Waals surface area contributed by atoms with Crippen LogP contribution in [-0.2, 0) is 6.42 Å². The molecular formula is C45H52. The summed E-state index contributed by atoms with van der Waals surface area (Å²) >= 11 is 0. The average Bonchev–Trinajstić information content (AvgIpc) is 3.02. The van der Waals surface area contributed by atoms with Gasteiger partial charge < -0.3 is 0 Å². The molecular weight excluding hydrogens is 540 g/mol. The maximum atomic E-state index is 2.20. The highest BCUT2D eigenvalue weighted by molar-refractivity contribution is 5.88. The molecule has 0 aromatic heterocycles. The van der Waals surface area contributed by atoms with Gasteiger partial charge in [-0.3, -0.25) is 0 Å². The molecule has 6 rings (SSSR count). The molecule has 6 aromatic rings. The third-order valence-electron chi connectivity index (χ3n) is 8.55.